The highest BCUT2D eigenvalue weighted by Crippen LogP contribution is 2.20. The van der Waals surface area contributed by atoms with Crippen LogP contribution in [-0.4, -0.2) is 25.3 Å². The van der Waals surface area contributed by atoms with E-state index in [9.17, 15) is 17.2 Å². The molecule has 0 amide bonds. The average molecular weight is 289 g/mol. The topological polar surface area (TPSA) is 48.3 Å². The van der Waals surface area contributed by atoms with Crippen molar-refractivity contribution in [3.8, 4) is 0 Å². The van der Waals surface area contributed by atoms with E-state index in [1.165, 1.54) is 0 Å². The lowest BCUT2D eigenvalue weighted by molar-refractivity contribution is 0.211. The lowest BCUT2D eigenvalue weighted by Gasteiger charge is -2.13. The maximum absolute atomic E-state index is 13.2. The van der Waals surface area contributed by atoms with E-state index in [0.717, 1.165) is 18.4 Å². The summed E-state index contributed by atoms with van der Waals surface area (Å²) in [7, 11) is -3.54. The van der Waals surface area contributed by atoms with Gasteiger partial charge in [-0.3, -0.25) is 4.18 Å². The molecular weight excluding hydrogens is 276 g/mol. The van der Waals surface area contributed by atoms with E-state index in [1.807, 2.05) is 0 Å². The summed E-state index contributed by atoms with van der Waals surface area (Å²) < 4.78 is 54.7. The fourth-order valence-corrected chi connectivity index (χ4v) is 2.61. The van der Waals surface area contributed by atoms with E-state index < -0.39 is 27.9 Å². The molecule has 0 spiro atoms. The second-order valence-electron chi connectivity index (χ2n) is 4.40. The molecule has 0 radical (unpaired) electrons. The zero-order valence-electron chi connectivity index (χ0n) is 10.4. The van der Waals surface area contributed by atoms with Crippen LogP contribution in [0, 0.1) is 11.6 Å². The van der Waals surface area contributed by atoms with Gasteiger partial charge in [0.05, 0.1) is 24.4 Å². The Bertz CT molecular complexity index is 709. The molecular formula is C12H13F2NO3S. The molecule has 4 nitrogen and oxygen atoms in total. The van der Waals surface area contributed by atoms with Crippen LogP contribution in [0.3, 0.4) is 0 Å². The summed E-state index contributed by atoms with van der Waals surface area (Å²) in [6, 6.07) is 3.81. The van der Waals surface area contributed by atoms with E-state index in [-0.39, 0.29) is 6.54 Å². The Hall–Kier alpha value is -1.47. The molecule has 2 aromatic rings. The molecule has 0 saturated heterocycles. The molecule has 1 aromatic carbocycles. The van der Waals surface area contributed by atoms with Gasteiger partial charge in [0.15, 0.2) is 11.6 Å². The number of hydrogen-bond donors (Lipinski definition) is 0. The van der Waals surface area contributed by atoms with Crippen LogP contribution in [0.5, 0.6) is 0 Å². The Morgan fingerprint density at radius 1 is 1.32 bits per heavy atom. The van der Waals surface area contributed by atoms with Crippen LogP contribution in [0.1, 0.15) is 6.92 Å². The van der Waals surface area contributed by atoms with E-state index in [2.05, 4.69) is 0 Å². The van der Waals surface area contributed by atoms with Crippen LogP contribution in [0.4, 0.5) is 8.78 Å². The zero-order valence-corrected chi connectivity index (χ0v) is 11.2. The smallest absolute Gasteiger partial charge is 0.264 e. The molecule has 1 aromatic heterocycles. The Morgan fingerprint density at radius 3 is 2.58 bits per heavy atom. The van der Waals surface area contributed by atoms with Crippen LogP contribution in [0.15, 0.2) is 24.4 Å². The number of aromatic nitrogens is 1. The fourth-order valence-electron chi connectivity index (χ4n) is 1.95. The Balaban J connectivity index is 2.29. The standard InChI is InChI=1S/C12H13F2NO3S/c1-8(18-19(2,16)17)7-15-4-3-9-5-10(13)11(14)6-12(9)15/h3-6,8H,7H2,1-2H3/t8-/m1/s1. The van der Waals surface area contributed by atoms with Crippen molar-refractivity contribution in [2.24, 2.45) is 0 Å². The molecule has 0 bridgehead atoms. The van der Waals surface area contributed by atoms with Crippen molar-refractivity contribution in [3.05, 3.63) is 36.0 Å². The summed E-state index contributed by atoms with van der Waals surface area (Å²) in [6.45, 7) is 1.81. The van der Waals surface area contributed by atoms with Crippen LogP contribution in [0.2, 0.25) is 0 Å². The first-order chi connectivity index (χ1) is 8.76. The van der Waals surface area contributed by atoms with Crippen LogP contribution in [-0.2, 0) is 20.8 Å². The largest absolute Gasteiger partial charge is 0.345 e. The molecule has 0 aliphatic carbocycles. The Kier molecular flexibility index (Phi) is 3.60. The summed E-state index contributed by atoms with van der Waals surface area (Å²) in [6.07, 6.45) is 2.00. The van der Waals surface area contributed by atoms with Gasteiger partial charge < -0.3 is 4.57 Å². The summed E-state index contributed by atoms with van der Waals surface area (Å²) >= 11 is 0. The third-order valence-electron chi connectivity index (χ3n) is 2.61. The van der Waals surface area contributed by atoms with Crippen molar-refractivity contribution < 1.29 is 21.4 Å². The van der Waals surface area contributed by atoms with E-state index >= 15 is 0 Å². The number of benzene rings is 1. The van der Waals surface area contributed by atoms with Crippen LogP contribution in [0.25, 0.3) is 10.9 Å². The maximum Gasteiger partial charge on any atom is 0.264 e. The first-order valence-electron chi connectivity index (χ1n) is 5.58. The zero-order chi connectivity index (χ0) is 14.2. The fraction of sp³-hybridized carbons (Fsp3) is 0.333. The lowest BCUT2D eigenvalue weighted by Crippen LogP contribution is -2.19. The molecule has 0 aliphatic heterocycles. The number of halogens is 2. The molecule has 0 fully saturated rings. The maximum atomic E-state index is 13.2. The molecule has 0 unspecified atom stereocenters. The number of hydrogen-bond acceptors (Lipinski definition) is 3. The third kappa shape index (κ3) is 3.30. The van der Waals surface area contributed by atoms with Gasteiger partial charge in [0, 0.05) is 17.6 Å². The molecule has 1 heterocycles. The molecule has 2 rings (SSSR count). The number of nitrogens with zero attached hydrogens (tertiary/aromatic N) is 1. The lowest BCUT2D eigenvalue weighted by atomic mass is 10.2. The van der Waals surface area contributed by atoms with Gasteiger partial charge in [-0.2, -0.15) is 8.42 Å². The first-order valence-corrected chi connectivity index (χ1v) is 7.40. The normalized spacial score (nSPS) is 13.9. The molecule has 7 heteroatoms. The van der Waals surface area contributed by atoms with Crippen molar-refractivity contribution >= 4 is 21.0 Å². The molecule has 1 atom stereocenters. The van der Waals surface area contributed by atoms with E-state index in [0.29, 0.717) is 10.9 Å². The third-order valence-corrected chi connectivity index (χ3v) is 3.28. The summed E-state index contributed by atoms with van der Waals surface area (Å²) in [4.78, 5) is 0. The SMILES string of the molecule is C[C@H](Cn1ccc2cc(F)c(F)cc21)OS(C)(=O)=O. The number of rotatable bonds is 4. The second kappa shape index (κ2) is 4.90. The summed E-state index contributed by atoms with van der Waals surface area (Å²) in [5.41, 5.74) is 0.489. The summed E-state index contributed by atoms with van der Waals surface area (Å²) in [5, 5.41) is 0.547. The molecule has 0 N–H and O–H groups in total. The van der Waals surface area contributed by atoms with Gasteiger partial charge in [-0.05, 0) is 19.1 Å². The molecule has 19 heavy (non-hydrogen) atoms. The minimum Gasteiger partial charge on any atom is -0.345 e. The van der Waals surface area contributed by atoms with Crippen molar-refractivity contribution in [1.29, 1.82) is 0 Å². The molecule has 0 aliphatic rings. The van der Waals surface area contributed by atoms with Crippen molar-refractivity contribution in [2.45, 2.75) is 19.6 Å². The van der Waals surface area contributed by atoms with Crippen molar-refractivity contribution in [3.63, 3.8) is 0 Å². The highest BCUT2D eigenvalue weighted by atomic mass is 32.2. The highest BCUT2D eigenvalue weighted by molar-refractivity contribution is 7.86. The molecule has 0 saturated carbocycles. The van der Waals surface area contributed by atoms with Gasteiger partial charge in [-0.15, -0.1) is 0 Å². The summed E-state index contributed by atoms with van der Waals surface area (Å²) in [5.74, 6) is -1.85. The highest BCUT2D eigenvalue weighted by Gasteiger charge is 2.13. The molecule has 104 valence electrons. The van der Waals surface area contributed by atoms with Gasteiger partial charge in [0.1, 0.15) is 0 Å². The van der Waals surface area contributed by atoms with Gasteiger partial charge in [0.2, 0.25) is 0 Å². The second-order valence-corrected chi connectivity index (χ2v) is 6.00. The van der Waals surface area contributed by atoms with Gasteiger partial charge in [-0.1, -0.05) is 0 Å². The first kappa shape index (κ1) is 14.0. The average Bonchev–Trinajstić information content (AvgIpc) is 2.59. The predicted octanol–water partition coefficient (Wildman–Crippen LogP) is 2.28. The minimum atomic E-state index is -3.54. The van der Waals surface area contributed by atoms with E-state index in [4.69, 9.17) is 4.18 Å². The Labute approximate surface area is 109 Å². The monoisotopic (exact) mass is 289 g/mol. The van der Waals surface area contributed by atoms with Crippen LogP contribution >= 0.6 is 0 Å². The van der Waals surface area contributed by atoms with Crippen molar-refractivity contribution in [1.82, 2.24) is 4.57 Å². The minimum absolute atomic E-state index is 0.224. The Morgan fingerprint density at radius 2 is 1.95 bits per heavy atom. The number of fused-ring (bicyclic) bond motifs is 1. The quantitative estimate of drug-likeness (QED) is 0.811. The van der Waals surface area contributed by atoms with Crippen molar-refractivity contribution in [2.75, 3.05) is 6.26 Å². The van der Waals surface area contributed by atoms with Gasteiger partial charge in [-0.25, -0.2) is 8.78 Å². The van der Waals surface area contributed by atoms with Gasteiger partial charge in [0.25, 0.3) is 10.1 Å². The van der Waals surface area contributed by atoms with Gasteiger partial charge >= 0.3 is 0 Å². The van der Waals surface area contributed by atoms with E-state index in [1.54, 1.807) is 23.8 Å². The predicted molar refractivity (Wildman–Crippen MR) is 67.2 cm³/mol. The van der Waals surface area contributed by atoms with Crippen LogP contribution < -0.4 is 0 Å².